The van der Waals surface area contributed by atoms with Crippen LogP contribution in [-0.2, 0) is 40.9 Å². The lowest BCUT2D eigenvalue weighted by Crippen LogP contribution is -2.23. The Morgan fingerprint density at radius 2 is 0.727 bits per heavy atom. The number of hydrogen-bond acceptors (Lipinski definition) is 31. The molecule has 14 aromatic rings. The molecule has 0 saturated carbocycles. The van der Waals surface area contributed by atoms with Crippen molar-refractivity contribution in [2.24, 2.45) is 0 Å². The van der Waals surface area contributed by atoms with Gasteiger partial charge in [0.2, 0.25) is 53.4 Å². The molecule has 46 heteroatoms. The van der Waals surface area contributed by atoms with Crippen LogP contribution in [0.3, 0.4) is 0 Å². The molecule has 6 aromatic carbocycles. The fourth-order valence-corrected chi connectivity index (χ4v) is 13.8. The van der Waals surface area contributed by atoms with Crippen LogP contribution in [0.1, 0.15) is 59.7 Å². The van der Waals surface area contributed by atoms with Gasteiger partial charge in [0, 0.05) is 75.4 Å². The van der Waals surface area contributed by atoms with Crippen molar-refractivity contribution >= 4 is 158 Å². The lowest BCUT2D eigenvalue weighted by atomic mass is 10.2. The standard InChI is InChI=1S/2C23H19ClN6O3S.C18H14ClF3N6O3S.C18H12ClN7O2/c1-30(15-8-4-3-5-9-15)23-27-20(19-10-6-7-13-25-19)26-22(29-23)28-21(31)17-12-11-16(14-18(17)24)34(2,32)33;1-34(32,33)16-10-11-17(18(24)13-16)21(31)29-23-28-20(19-9-5-6-12-25-19)27-22(30-23)26-14-15-7-3-2-4-8-15;1-32(30,31)10-5-6-11(12(19)8-10)15(29)27-17-26-14(13-4-2-3-7-23-13)25-16(28-17)24-9-18(20,21)22;1-10(27)22-11-5-6-12(13(19)8-11)17(28)26-18-24-15(9-20)23-16(25-18)14-4-2-3-7-21-14/h3-14H,1-2H3,(H,26,27,28,29,31);2-13H,14H2,1H3,(H2,26,27,28,29,30,31);2-8H,9H2,1H3,(H2,24,25,26,27,28,29);2-8H,1H3,(H,22,27)(H,23,24,25,26,28). The van der Waals surface area contributed by atoms with Crippen LogP contribution >= 0.6 is 46.4 Å². The van der Waals surface area contributed by atoms with Gasteiger partial charge in [0.05, 0.1) is 57.0 Å². The number of carbonyl (C=O) groups excluding carboxylic acids is 5. The smallest absolute Gasteiger partial charge is 0.350 e. The van der Waals surface area contributed by atoms with Crippen molar-refractivity contribution in [3.05, 3.63) is 285 Å². The molecule has 0 fully saturated rings. The lowest BCUT2D eigenvalue weighted by Gasteiger charge is -2.18. The molecule has 7 N–H and O–H groups in total. The summed E-state index contributed by atoms with van der Waals surface area (Å²) in [6.07, 6.45) is 4.79. The van der Waals surface area contributed by atoms with E-state index >= 15 is 0 Å². The van der Waals surface area contributed by atoms with Gasteiger partial charge >= 0.3 is 6.18 Å². The molecule has 0 bridgehead atoms. The minimum absolute atomic E-state index is 0.0122. The quantitative estimate of drug-likeness (QED) is 0.0313. The molecule has 0 atom stereocenters. The van der Waals surface area contributed by atoms with Crippen molar-refractivity contribution in [3.8, 4) is 52.1 Å². The number of alkyl halides is 3. The number of pyridine rings is 4. The van der Waals surface area contributed by atoms with Gasteiger partial charge in [0.1, 0.15) is 35.4 Å². The highest BCUT2D eigenvalue weighted by Crippen LogP contribution is 2.31. The zero-order valence-corrected chi connectivity index (χ0v) is 72.2. The van der Waals surface area contributed by atoms with Crippen LogP contribution in [-0.4, -0.2) is 173 Å². The molecule has 0 saturated heterocycles. The number of nitrogens with zero attached hydrogens (tertiary/aromatic N) is 18. The maximum absolute atomic E-state index is 12.9. The first kappa shape index (κ1) is 93.7. The number of carbonyl (C=O) groups is 5. The molecule has 0 spiro atoms. The predicted octanol–water partition coefficient (Wildman–Crippen LogP) is 13.8. The molecule has 650 valence electrons. The summed E-state index contributed by atoms with van der Waals surface area (Å²) in [6, 6.07) is 57.2. The first-order chi connectivity index (χ1) is 60.9. The molecule has 14 rings (SSSR count). The summed E-state index contributed by atoms with van der Waals surface area (Å²) in [4.78, 5) is 130. The summed E-state index contributed by atoms with van der Waals surface area (Å²) in [5.41, 5.74) is 4.17. The minimum atomic E-state index is -4.53. The molecular formula is C82H64Cl4F3N25O11S3. The highest BCUT2D eigenvalue weighted by molar-refractivity contribution is 7.91. The van der Waals surface area contributed by atoms with Crippen molar-refractivity contribution in [2.45, 2.75) is 34.3 Å². The van der Waals surface area contributed by atoms with Crippen LogP contribution < -0.4 is 42.1 Å². The number of hydrogen-bond donors (Lipinski definition) is 7. The minimum Gasteiger partial charge on any atom is -0.350 e. The van der Waals surface area contributed by atoms with E-state index in [1.54, 1.807) is 97.3 Å². The van der Waals surface area contributed by atoms with E-state index in [9.17, 15) is 62.4 Å². The third-order valence-corrected chi connectivity index (χ3v) is 21.2. The van der Waals surface area contributed by atoms with E-state index in [1.807, 2.05) is 72.0 Å². The second kappa shape index (κ2) is 42.1. The lowest BCUT2D eigenvalue weighted by molar-refractivity contribution is -0.115. The maximum atomic E-state index is 12.9. The summed E-state index contributed by atoms with van der Waals surface area (Å²) < 4.78 is 108. The van der Waals surface area contributed by atoms with Crippen LogP contribution in [0.2, 0.25) is 20.1 Å². The molecule has 0 aliphatic heterocycles. The third kappa shape index (κ3) is 26.8. The molecule has 0 aliphatic rings. The second-order valence-corrected chi connectivity index (χ2v) is 34.0. The Labute approximate surface area is 746 Å². The molecule has 128 heavy (non-hydrogen) atoms. The highest BCUT2D eigenvalue weighted by atomic mass is 35.5. The van der Waals surface area contributed by atoms with Crippen LogP contribution in [0.5, 0.6) is 0 Å². The van der Waals surface area contributed by atoms with Gasteiger partial charge in [-0.25, -0.2) is 25.3 Å². The van der Waals surface area contributed by atoms with Crippen molar-refractivity contribution in [1.82, 2.24) is 79.7 Å². The average Bonchev–Trinajstić information content (AvgIpc) is 0.826. The van der Waals surface area contributed by atoms with E-state index in [0.717, 1.165) is 36.1 Å². The van der Waals surface area contributed by atoms with Gasteiger partial charge in [0.25, 0.3) is 23.6 Å². The number of aromatic nitrogens is 16. The molecule has 8 aromatic heterocycles. The van der Waals surface area contributed by atoms with Gasteiger partial charge in [-0.15, -0.1) is 0 Å². The Bertz CT molecular complexity index is 6880. The van der Waals surface area contributed by atoms with Crippen molar-refractivity contribution in [2.75, 3.05) is 74.5 Å². The predicted molar refractivity (Wildman–Crippen MR) is 471 cm³/mol. The Hall–Kier alpha value is -15.0. The van der Waals surface area contributed by atoms with Crippen LogP contribution in [0.4, 0.5) is 66.2 Å². The van der Waals surface area contributed by atoms with E-state index in [2.05, 4.69) is 112 Å². The van der Waals surface area contributed by atoms with Crippen LogP contribution in [0.15, 0.2) is 246 Å². The first-order valence-corrected chi connectivity index (χ1v) is 43.9. The summed E-state index contributed by atoms with van der Waals surface area (Å²) in [5, 5.41) is 26.9. The topological polar surface area (TPSA) is 505 Å². The van der Waals surface area contributed by atoms with E-state index in [1.165, 1.54) is 85.9 Å². The van der Waals surface area contributed by atoms with E-state index < -0.39 is 71.8 Å². The Morgan fingerprint density at radius 1 is 0.391 bits per heavy atom. The Balaban J connectivity index is 0.000000166. The van der Waals surface area contributed by atoms with Gasteiger partial charge in [0.15, 0.2) is 52.8 Å². The van der Waals surface area contributed by atoms with Gasteiger partial charge in [-0.3, -0.25) is 65.2 Å². The summed E-state index contributed by atoms with van der Waals surface area (Å²) >= 11 is 24.5. The van der Waals surface area contributed by atoms with E-state index in [0.29, 0.717) is 29.3 Å². The van der Waals surface area contributed by atoms with Crippen molar-refractivity contribution < 1.29 is 62.4 Å². The summed E-state index contributed by atoms with van der Waals surface area (Å²) in [6.45, 7) is 0.408. The maximum Gasteiger partial charge on any atom is 0.405 e. The van der Waals surface area contributed by atoms with Gasteiger partial charge < -0.3 is 20.9 Å². The second-order valence-electron chi connectivity index (χ2n) is 26.3. The Morgan fingerprint density at radius 3 is 1.08 bits per heavy atom. The van der Waals surface area contributed by atoms with E-state index in [-0.39, 0.29) is 133 Å². The molecule has 0 aliphatic carbocycles. The number of nitrogens with one attached hydrogen (secondary N) is 7. The molecule has 8 heterocycles. The molecular weight excluding hydrogens is 1810 g/mol. The van der Waals surface area contributed by atoms with Gasteiger partial charge in [-0.05, 0) is 139 Å². The van der Waals surface area contributed by atoms with Crippen LogP contribution in [0.25, 0.3) is 46.1 Å². The summed E-state index contributed by atoms with van der Waals surface area (Å²) in [5.74, 6) is -2.83. The number of amides is 5. The normalized spacial score (nSPS) is 11.1. The number of rotatable bonds is 23. The van der Waals surface area contributed by atoms with Gasteiger partial charge in [-0.1, -0.05) is 119 Å². The number of halogens is 7. The van der Waals surface area contributed by atoms with Crippen molar-refractivity contribution in [1.29, 1.82) is 5.26 Å². The fourth-order valence-electron chi connectivity index (χ4n) is 10.6. The zero-order chi connectivity index (χ0) is 92.0. The number of sulfone groups is 3. The van der Waals surface area contributed by atoms with E-state index in [4.69, 9.17) is 51.7 Å². The number of para-hydroxylation sites is 1. The molecule has 5 amide bonds. The first-order valence-electron chi connectivity index (χ1n) is 36.7. The zero-order valence-electron chi connectivity index (χ0n) is 66.8. The summed E-state index contributed by atoms with van der Waals surface area (Å²) in [7, 11) is -8.68. The number of nitriles is 1. The number of anilines is 9. The highest BCUT2D eigenvalue weighted by Gasteiger charge is 2.29. The molecule has 0 radical (unpaired) electrons. The van der Waals surface area contributed by atoms with Gasteiger partial charge in [-0.2, -0.15) is 78.2 Å². The largest absolute Gasteiger partial charge is 0.405 e. The van der Waals surface area contributed by atoms with Crippen molar-refractivity contribution in [3.63, 3.8) is 0 Å². The average molecular weight is 1870 g/mol. The SMILES string of the molecule is CC(=O)Nc1ccc(C(=O)Nc2nc(C#N)nc(-c3ccccn3)n2)c(Cl)c1.CN(c1ccccc1)c1nc(NC(=O)c2ccc(S(C)(=O)=O)cc2Cl)nc(-c2ccccn2)n1.CS(=O)(=O)c1ccc(C(=O)Nc2nc(NCC(F)(F)F)nc(-c3ccccn3)n2)c(Cl)c1.CS(=O)(=O)c1ccc(C(=O)Nc2nc(NCc3ccccc3)nc(-c3ccccn3)n2)c(Cl)c1. The fraction of sp³-hybridized carbons (Fsp3) is 0.0976. The molecule has 36 nitrogen and oxygen atoms in total. The molecule has 0 unspecified atom stereocenters. The monoisotopic (exact) mass is 1870 g/mol. The van der Waals surface area contributed by atoms with Crippen LogP contribution in [0, 0.1) is 11.3 Å². The third-order valence-electron chi connectivity index (χ3n) is 16.7. The number of benzene rings is 6. The Kier molecular flexibility index (Phi) is 30.8.